The molecule has 1 saturated heterocycles. The van der Waals surface area contributed by atoms with Crippen molar-refractivity contribution in [2.75, 3.05) is 25.0 Å². The van der Waals surface area contributed by atoms with Gasteiger partial charge in [0.25, 0.3) is 0 Å². The monoisotopic (exact) mass is 386 g/mol. The molecule has 1 aliphatic heterocycles. The molecule has 0 N–H and O–H groups in total. The molecular formula is C17H24Cl2N4O2. The number of fused-ring (bicyclic) bond motifs is 1. The van der Waals surface area contributed by atoms with Crippen molar-refractivity contribution in [1.29, 1.82) is 0 Å². The minimum Gasteiger partial charge on any atom is -0.444 e. The predicted molar refractivity (Wildman–Crippen MR) is 98.3 cm³/mol. The highest BCUT2D eigenvalue weighted by Gasteiger charge is 2.44. The molecule has 0 radical (unpaired) electrons. The van der Waals surface area contributed by atoms with Gasteiger partial charge in [-0.15, -0.1) is 0 Å². The van der Waals surface area contributed by atoms with Crippen molar-refractivity contribution in [2.24, 2.45) is 11.8 Å². The first kappa shape index (κ1) is 18.5. The van der Waals surface area contributed by atoms with E-state index in [2.05, 4.69) is 14.9 Å². The number of rotatable bonds is 2. The zero-order chi connectivity index (χ0) is 18.4. The van der Waals surface area contributed by atoms with Gasteiger partial charge in [-0.25, -0.2) is 9.78 Å². The van der Waals surface area contributed by atoms with Gasteiger partial charge >= 0.3 is 6.09 Å². The van der Waals surface area contributed by atoms with Crippen molar-refractivity contribution in [2.45, 2.75) is 45.3 Å². The fourth-order valence-corrected chi connectivity index (χ4v) is 4.17. The molecule has 2 atom stereocenters. The summed E-state index contributed by atoms with van der Waals surface area (Å²) in [6.07, 6.45) is 3.32. The summed E-state index contributed by atoms with van der Waals surface area (Å²) in [6, 6.07) is 0.333. The van der Waals surface area contributed by atoms with E-state index in [9.17, 15) is 4.79 Å². The van der Waals surface area contributed by atoms with Crippen LogP contribution in [0.15, 0.2) is 6.20 Å². The summed E-state index contributed by atoms with van der Waals surface area (Å²) < 4.78 is 5.49. The zero-order valence-corrected chi connectivity index (χ0v) is 16.5. The van der Waals surface area contributed by atoms with Gasteiger partial charge in [0.2, 0.25) is 5.28 Å². The van der Waals surface area contributed by atoms with Gasteiger partial charge in [-0.2, -0.15) is 4.98 Å². The van der Waals surface area contributed by atoms with Crippen molar-refractivity contribution in [3.63, 3.8) is 0 Å². The van der Waals surface area contributed by atoms with E-state index >= 15 is 0 Å². The SMILES string of the molecule is CN(c1nc(Cl)ncc1Cl)C1CC2CN(C(=O)OC(C)(C)C)CC2C1. The molecule has 2 fully saturated rings. The maximum atomic E-state index is 12.3. The summed E-state index contributed by atoms with van der Waals surface area (Å²) in [7, 11) is 1.99. The van der Waals surface area contributed by atoms with Crippen molar-refractivity contribution in [3.05, 3.63) is 16.5 Å². The fraction of sp³-hybridized carbons (Fsp3) is 0.706. The minimum absolute atomic E-state index is 0.195. The van der Waals surface area contributed by atoms with Crippen LogP contribution in [0.3, 0.4) is 0 Å². The molecule has 3 rings (SSSR count). The number of carbonyl (C=O) groups is 1. The number of anilines is 1. The van der Waals surface area contributed by atoms with E-state index in [1.54, 1.807) is 0 Å². The standard InChI is InChI=1S/C17H24Cl2N4O2/c1-17(2,3)25-16(24)23-8-10-5-12(6-11(10)9-23)22(4)14-13(18)7-20-15(19)21-14/h7,10-12H,5-6,8-9H2,1-4H3. The average molecular weight is 387 g/mol. The maximum absolute atomic E-state index is 12.3. The molecule has 2 heterocycles. The average Bonchev–Trinajstić information content (AvgIpc) is 3.06. The quantitative estimate of drug-likeness (QED) is 0.722. The fourth-order valence-electron chi connectivity index (χ4n) is 3.82. The number of nitrogens with zero attached hydrogens (tertiary/aromatic N) is 4. The van der Waals surface area contributed by atoms with Gasteiger partial charge in [0, 0.05) is 26.2 Å². The largest absolute Gasteiger partial charge is 0.444 e. The Morgan fingerprint density at radius 1 is 1.28 bits per heavy atom. The first-order valence-electron chi connectivity index (χ1n) is 8.53. The lowest BCUT2D eigenvalue weighted by atomic mass is 10.0. The summed E-state index contributed by atoms with van der Waals surface area (Å²) in [5.41, 5.74) is -0.458. The first-order valence-corrected chi connectivity index (χ1v) is 9.28. The smallest absolute Gasteiger partial charge is 0.410 e. The summed E-state index contributed by atoms with van der Waals surface area (Å²) in [6.45, 7) is 7.18. The van der Waals surface area contributed by atoms with Crippen LogP contribution in [0.5, 0.6) is 0 Å². The Balaban J connectivity index is 1.61. The van der Waals surface area contributed by atoms with E-state index in [0.29, 0.717) is 28.7 Å². The lowest BCUT2D eigenvalue weighted by molar-refractivity contribution is 0.0279. The van der Waals surface area contributed by atoms with Gasteiger partial charge in [0.05, 0.1) is 6.20 Å². The zero-order valence-electron chi connectivity index (χ0n) is 15.0. The molecule has 0 spiro atoms. The van der Waals surface area contributed by atoms with Crippen LogP contribution in [0.4, 0.5) is 10.6 Å². The summed E-state index contributed by atoms with van der Waals surface area (Å²) >= 11 is 12.1. The van der Waals surface area contributed by atoms with E-state index in [1.807, 2.05) is 32.7 Å². The maximum Gasteiger partial charge on any atom is 0.410 e. The third kappa shape index (κ3) is 4.11. The van der Waals surface area contributed by atoms with Gasteiger partial charge in [0.1, 0.15) is 10.6 Å². The van der Waals surface area contributed by atoms with Gasteiger partial charge in [-0.05, 0) is 57.0 Å². The van der Waals surface area contributed by atoms with Crippen molar-refractivity contribution in [1.82, 2.24) is 14.9 Å². The van der Waals surface area contributed by atoms with E-state index in [-0.39, 0.29) is 11.4 Å². The van der Waals surface area contributed by atoms with Gasteiger partial charge in [-0.1, -0.05) is 11.6 Å². The van der Waals surface area contributed by atoms with E-state index in [1.165, 1.54) is 6.20 Å². The third-order valence-corrected chi connectivity index (χ3v) is 5.40. The second-order valence-electron chi connectivity index (χ2n) is 7.95. The molecule has 2 unspecified atom stereocenters. The van der Waals surface area contributed by atoms with Crippen LogP contribution in [0.2, 0.25) is 10.3 Å². The number of carbonyl (C=O) groups excluding carboxylic acids is 1. The highest BCUT2D eigenvalue weighted by molar-refractivity contribution is 6.33. The second-order valence-corrected chi connectivity index (χ2v) is 8.70. The number of hydrogen-bond donors (Lipinski definition) is 0. The highest BCUT2D eigenvalue weighted by atomic mass is 35.5. The van der Waals surface area contributed by atoms with Crippen LogP contribution in [0, 0.1) is 11.8 Å². The Labute approximate surface area is 158 Å². The molecule has 0 bridgehead atoms. The highest BCUT2D eigenvalue weighted by Crippen LogP contribution is 2.41. The van der Waals surface area contributed by atoms with Crippen LogP contribution < -0.4 is 4.90 Å². The van der Waals surface area contributed by atoms with Crippen LogP contribution in [-0.4, -0.2) is 52.7 Å². The number of ether oxygens (including phenoxy) is 1. The van der Waals surface area contributed by atoms with Gasteiger partial charge in [0.15, 0.2) is 5.82 Å². The predicted octanol–water partition coefficient (Wildman–Crippen LogP) is 3.87. The van der Waals surface area contributed by atoms with Crippen molar-refractivity contribution < 1.29 is 9.53 Å². The summed E-state index contributed by atoms with van der Waals surface area (Å²) in [5, 5.41) is 0.694. The van der Waals surface area contributed by atoms with E-state index in [0.717, 1.165) is 25.9 Å². The van der Waals surface area contributed by atoms with Crippen LogP contribution in [0.25, 0.3) is 0 Å². The number of likely N-dealkylation sites (tertiary alicyclic amines) is 1. The molecule has 25 heavy (non-hydrogen) atoms. The van der Waals surface area contributed by atoms with E-state index in [4.69, 9.17) is 27.9 Å². The molecule has 1 aromatic rings. The molecular weight excluding hydrogens is 363 g/mol. The number of amides is 1. The molecule has 6 nitrogen and oxygen atoms in total. The molecule has 1 aliphatic carbocycles. The van der Waals surface area contributed by atoms with Crippen molar-refractivity contribution >= 4 is 35.1 Å². The molecule has 2 aliphatic rings. The Morgan fingerprint density at radius 2 is 1.88 bits per heavy atom. The molecule has 1 aromatic heterocycles. The third-order valence-electron chi connectivity index (χ3n) is 4.96. The molecule has 1 amide bonds. The Bertz CT molecular complexity index is 651. The number of hydrogen-bond acceptors (Lipinski definition) is 5. The molecule has 0 aromatic carbocycles. The number of halogens is 2. The lowest BCUT2D eigenvalue weighted by Crippen LogP contribution is -2.37. The summed E-state index contributed by atoms with van der Waals surface area (Å²) in [5.74, 6) is 1.63. The molecule has 138 valence electrons. The van der Waals surface area contributed by atoms with Crippen LogP contribution in [-0.2, 0) is 4.74 Å². The van der Waals surface area contributed by atoms with Crippen molar-refractivity contribution in [3.8, 4) is 0 Å². The minimum atomic E-state index is -0.458. The van der Waals surface area contributed by atoms with E-state index < -0.39 is 5.60 Å². The Kier molecular flexibility index (Phi) is 5.04. The summed E-state index contributed by atoms with van der Waals surface area (Å²) in [4.78, 5) is 24.3. The molecule has 1 saturated carbocycles. The van der Waals surface area contributed by atoms with Crippen LogP contribution in [0.1, 0.15) is 33.6 Å². The normalized spacial score (nSPS) is 25.8. The second kappa shape index (κ2) is 6.80. The first-order chi connectivity index (χ1) is 11.6. The van der Waals surface area contributed by atoms with Gasteiger partial charge < -0.3 is 14.5 Å². The van der Waals surface area contributed by atoms with Gasteiger partial charge in [-0.3, -0.25) is 0 Å². The van der Waals surface area contributed by atoms with Crippen LogP contribution >= 0.6 is 23.2 Å². The Morgan fingerprint density at radius 3 is 2.44 bits per heavy atom. The number of aromatic nitrogens is 2. The Hall–Kier alpha value is -1.27. The topological polar surface area (TPSA) is 58.6 Å². The molecule has 8 heteroatoms. The lowest BCUT2D eigenvalue weighted by Gasteiger charge is -2.29.